The van der Waals surface area contributed by atoms with Crippen LogP contribution in [0.15, 0.2) is 35.5 Å². The van der Waals surface area contributed by atoms with Crippen molar-refractivity contribution in [2.45, 2.75) is 5.16 Å². The molecule has 5 nitrogen and oxygen atoms in total. The molecule has 0 aliphatic heterocycles. The predicted molar refractivity (Wildman–Crippen MR) is 67.0 cm³/mol. The third-order valence-corrected chi connectivity index (χ3v) is 2.76. The number of aromatic nitrogens is 3. The standard InChI is InChI=1S/C11H11N5S/c1-15-11(13-10(14-15)17-2)16(8-12)9-6-4-3-5-7-9/h3-7H,1-2H3. The number of anilines is 2. The molecule has 1 aromatic carbocycles. The van der Waals surface area contributed by atoms with E-state index in [9.17, 15) is 5.26 Å². The molecular weight excluding hydrogens is 234 g/mol. The average molecular weight is 245 g/mol. The number of nitrogens with zero attached hydrogens (tertiary/aromatic N) is 5. The Kier molecular flexibility index (Phi) is 3.30. The van der Waals surface area contributed by atoms with Crippen LogP contribution in [0.25, 0.3) is 0 Å². The lowest BCUT2D eigenvalue weighted by atomic mass is 10.3. The van der Waals surface area contributed by atoms with E-state index in [1.54, 1.807) is 11.7 Å². The zero-order valence-corrected chi connectivity index (χ0v) is 10.3. The quantitative estimate of drug-likeness (QED) is 0.471. The zero-order valence-electron chi connectivity index (χ0n) is 9.53. The van der Waals surface area contributed by atoms with Crippen molar-refractivity contribution < 1.29 is 0 Å². The van der Waals surface area contributed by atoms with E-state index in [1.165, 1.54) is 16.7 Å². The van der Waals surface area contributed by atoms with Crippen LogP contribution in [0.1, 0.15) is 0 Å². The summed E-state index contributed by atoms with van der Waals surface area (Å²) in [7, 11) is 1.77. The summed E-state index contributed by atoms with van der Waals surface area (Å²) in [5, 5.41) is 14.1. The number of hydrogen-bond donors (Lipinski definition) is 0. The SMILES string of the molecule is CSc1nc(N(C#N)c2ccccc2)n(C)n1. The number of nitriles is 1. The molecule has 0 fully saturated rings. The molecule has 0 saturated heterocycles. The molecule has 2 aromatic rings. The minimum Gasteiger partial charge on any atom is -0.233 e. The lowest BCUT2D eigenvalue weighted by Gasteiger charge is -2.12. The van der Waals surface area contributed by atoms with Gasteiger partial charge in [-0.1, -0.05) is 30.0 Å². The van der Waals surface area contributed by atoms with Gasteiger partial charge in [0.05, 0.1) is 5.69 Å². The van der Waals surface area contributed by atoms with E-state index in [4.69, 9.17) is 0 Å². The number of rotatable bonds is 3. The first-order valence-corrected chi connectivity index (χ1v) is 6.18. The van der Waals surface area contributed by atoms with Crippen molar-refractivity contribution in [1.29, 1.82) is 5.26 Å². The summed E-state index contributed by atoms with van der Waals surface area (Å²) in [6.07, 6.45) is 4.01. The van der Waals surface area contributed by atoms with Gasteiger partial charge < -0.3 is 0 Å². The van der Waals surface area contributed by atoms with Gasteiger partial charge >= 0.3 is 0 Å². The Morgan fingerprint density at radius 1 is 1.35 bits per heavy atom. The van der Waals surface area contributed by atoms with Crippen LogP contribution in [0, 0.1) is 11.5 Å². The third-order valence-electron chi connectivity index (χ3n) is 2.22. The van der Waals surface area contributed by atoms with Crippen LogP contribution in [-0.2, 0) is 7.05 Å². The van der Waals surface area contributed by atoms with Crippen LogP contribution < -0.4 is 4.90 Å². The molecule has 0 aliphatic rings. The van der Waals surface area contributed by atoms with E-state index in [0.29, 0.717) is 11.1 Å². The number of hydrogen-bond acceptors (Lipinski definition) is 5. The second-order valence-electron chi connectivity index (χ2n) is 3.29. The molecule has 0 amide bonds. The lowest BCUT2D eigenvalue weighted by molar-refractivity contribution is 0.737. The Morgan fingerprint density at radius 2 is 2.06 bits per heavy atom. The van der Waals surface area contributed by atoms with Crippen LogP contribution in [0.2, 0.25) is 0 Å². The van der Waals surface area contributed by atoms with Crippen molar-refractivity contribution in [3.05, 3.63) is 30.3 Å². The van der Waals surface area contributed by atoms with E-state index in [-0.39, 0.29) is 0 Å². The van der Waals surface area contributed by atoms with E-state index >= 15 is 0 Å². The maximum atomic E-state index is 9.23. The monoisotopic (exact) mass is 245 g/mol. The van der Waals surface area contributed by atoms with Crippen molar-refractivity contribution in [2.24, 2.45) is 7.05 Å². The average Bonchev–Trinajstić information content (AvgIpc) is 2.73. The van der Waals surface area contributed by atoms with Crippen LogP contribution in [0.5, 0.6) is 0 Å². The Hall–Kier alpha value is -2.00. The minimum atomic E-state index is 0.517. The highest BCUT2D eigenvalue weighted by atomic mass is 32.2. The van der Waals surface area contributed by atoms with Crippen molar-refractivity contribution >= 4 is 23.4 Å². The Labute approximate surface area is 104 Å². The molecule has 0 spiro atoms. The fourth-order valence-corrected chi connectivity index (χ4v) is 1.81. The fraction of sp³-hybridized carbons (Fsp3) is 0.182. The largest absolute Gasteiger partial charge is 0.242 e. The second-order valence-corrected chi connectivity index (χ2v) is 4.07. The summed E-state index contributed by atoms with van der Waals surface area (Å²) < 4.78 is 1.60. The predicted octanol–water partition coefficient (Wildman–Crippen LogP) is 2.16. The topological polar surface area (TPSA) is 57.7 Å². The molecule has 0 aliphatic carbocycles. The highest BCUT2D eigenvalue weighted by Crippen LogP contribution is 2.23. The van der Waals surface area contributed by atoms with Crippen LogP contribution in [-0.4, -0.2) is 21.0 Å². The first-order chi connectivity index (χ1) is 8.26. The molecule has 0 radical (unpaired) electrons. The summed E-state index contributed by atoms with van der Waals surface area (Å²) in [5.41, 5.74) is 0.776. The van der Waals surface area contributed by atoms with Crippen molar-refractivity contribution in [1.82, 2.24) is 14.8 Å². The van der Waals surface area contributed by atoms with Gasteiger partial charge in [0, 0.05) is 7.05 Å². The summed E-state index contributed by atoms with van der Waals surface area (Å²) in [6.45, 7) is 0. The van der Waals surface area contributed by atoms with Crippen LogP contribution in [0.4, 0.5) is 11.6 Å². The first-order valence-electron chi connectivity index (χ1n) is 4.96. The van der Waals surface area contributed by atoms with E-state index in [1.807, 2.05) is 36.6 Å². The zero-order chi connectivity index (χ0) is 12.3. The smallest absolute Gasteiger partial charge is 0.233 e. The number of aryl methyl sites for hydroxylation is 1. The van der Waals surface area contributed by atoms with Gasteiger partial charge in [0.2, 0.25) is 11.1 Å². The molecule has 0 unspecified atom stereocenters. The maximum absolute atomic E-state index is 9.23. The molecule has 0 saturated carbocycles. The van der Waals surface area contributed by atoms with Gasteiger partial charge in [-0.25, -0.2) is 9.58 Å². The van der Waals surface area contributed by atoms with Gasteiger partial charge in [-0.15, -0.1) is 5.10 Å². The normalized spacial score (nSPS) is 9.94. The molecule has 17 heavy (non-hydrogen) atoms. The molecule has 0 N–H and O–H groups in total. The van der Waals surface area contributed by atoms with Gasteiger partial charge in [0.1, 0.15) is 0 Å². The number of benzene rings is 1. The van der Waals surface area contributed by atoms with Gasteiger partial charge in [0.25, 0.3) is 0 Å². The summed E-state index contributed by atoms with van der Waals surface area (Å²) >= 11 is 1.45. The third kappa shape index (κ3) is 2.24. The molecule has 0 bridgehead atoms. The van der Waals surface area contributed by atoms with Crippen LogP contribution in [0.3, 0.4) is 0 Å². The van der Waals surface area contributed by atoms with Gasteiger partial charge in [-0.3, -0.25) is 0 Å². The maximum Gasteiger partial charge on any atom is 0.242 e. The molecule has 2 rings (SSSR count). The Bertz CT molecular complexity index is 543. The fourth-order valence-electron chi connectivity index (χ4n) is 1.43. The molecule has 1 aromatic heterocycles. The minimum absolute atomic E-state index is 0.517. The van der Waals surface area contributed by atoms with Crippen molar-refractivity contribution in [3.63, 3.8) is 0 Å². The second kappa shape index (κ2) is 4.89. The van der Waals surface area contributed by atoms with Gasteiger partial charge in [0.15, 0.2) is 6.19 Å². The van der Waals surface area contributed by atoms with Crippen molar-refractivity contribution in [3.8, 4) is 6.19 Å². The van der Waals surface area contributed by atoms with E-state index < -0.39 is 0 Å². The highest BCUT2D eigenvalue weighted by Gasteiger charge is 2.15. The van der Waals surface area contributed by atoms with Crippen molar-refractivity contribution in [2.75, 3.05) is 11.2 Å². The summed E-state index contributed by atoms with van der Waals surface area (Å²) in [5.74, 6) is 0.517. The van der Waals surface area contributed by atoms with Gasteiger partial charge in [-0.05, 0) is 18.4 Å². The molecule has 86 valence electrons. The number of para-hydroxylation sites is 1. The highest BCUT2D eigenvalue weighted by molar-refractivity contribution is 7.98. The number of thioether (sulfide) groups is 1. The summed E-state index contributed by atoms with van der Waals surface area (Å²) in [4.78, 5) is 5.75. The molecular formula is C11H11N5S. The Morgan fingerprint density at radius 3 is 2.59 bits per heavy atom. The molecule has 1 heterocycles. The van der Waals surface area contributed by atoms with Crippen LogP contribution >= 0.6 is 11.8 Å². The molecule has 6 heteroatoms. The first kappa shape index (κ1) is 11.5. The van der Waals surface area contributed by atoms with Gasteiger partial charge in [-0.2, -0.15) is 10.2 Å². The summed E-state index contributed by atoms with van der Waals surface area (Å²) in [6, 6.07) is 9.38. The molecule has 0 atom stereocenters. The lowest BCUT2D eigenvalue weighted by Crippen LogP contribution is -2.13. The Balaban J connectivity index is 2.43. The van der Waals surface area contributed by atoms with E-state index in [0.717, 1.165) is 5.69 Å². The van der Waals surface area contributed by atoms with E-state index in [2.05, 4.69) is 16.3 Å².